The van der Waals surface area contributed by atoms with Crippen molar-refractivity contribution in [3.05, 3.63) is 104 Å². The number of rotatable bonds is 6. The summed E-state index contributed by atoms with van der Waals surface area (Å²) in [6, 6.07) is 26.4. The summed E-state index contributed by atoms with van der Waals surface area (Å²) < 4.78 is 8.18. The molecule has 0 aliphatic carbocycles. The van der Waals surface area contributed by atoms with Crippen molar-refractivity contribution in [2.45, 2.75) is 13.2 Å². The Morgan fingerprint density at radius 1 is 0.828 bits per heavy atom. The van der Waals surface area contributed by atoms with Crippen molar-refractivity contribution in [2.75, 3.05) is 5.32 Å². The fraction of sp³-hybridized carbons (Fsp3) is 0.0833. The van der Waals surface area contributed by atoms with Crippen LogP contribution < -0.4 is 10.1 Å². The van der Waals surface area contributed by atoms with Crippen molar-refractivity contribution in [3.8, 4) is 5.75 Å². The van der Waals surface area contributed by atoms with Crippen LogP contribution in [-0.4, -0.2) is 0 Å². The lowest BCUT2D eigenvalue weighted by molar-refractivity contribution is 0.302. The van der Waals surface area contributed by atoms with Crippen LogP contribution in [0.15, 0.2) is 87.8 Å². The van der Waals surface area contributed by atoms with Crippen molar-refractivity contribution in [1.29, 1.82) is 0 Å². The van der Waals surface area contributed by atoms with E-state index in [4.69, 9.17) is 16.3 Å². The molecule has 0 amide bonds. The number of benzene rings is 4. The number of anilines is 1. The summed E-state index contributed by atoms with van der Waals surface area (Å²) >= 11 is 13.5. The van der Waals surface area contributed by atoms with Gasteiger partial charge in [0.15, 0.2) is 0 Å². The molecule has 29 heavy (non-hydrogen) atoms. The molecule has 0 saturated heterocycles. The first-order valence-electron chi connectivity index (χ1n) is 9.17. The highest BCUT2D eigenvalue weighted by Crippen LogP contribution is 2.35. The van der Waals surface area contributed by atoms with Crippen LogP contribution in [0.25, 0.3) is 10.8 Å². The van der Waals surface area contributed by atoms with Crippen LogP contribution >= 0.6 is 43.5 Å². The van der Waals surface area contributed by atoms with E-state index in [2.05, 4.69) is 85.7 Å². The Labute approximate surface area is 192 Å². The van der Waals surface area contributed by atoms with Crippen molar-refractivity contribution in [1.82, 2.24) is 0 Å². The summed E-state index contributed by atoms with van der Waals surface area (Å²) in [7, 11) is 0. The van der Waals surface area contributed by atoms with E-state index in [0.29, 0.717) is 18.2 Å². The minimum absolute atomic E-state index is 0.487. The number of ether oxygens (including phenoxy) is 1. The zero-order valence-corrected chi connectivity index (χ0v) is 19.4. The van der Waals surface area contributed by atoms with Crippen LogP contribution in [0.2, 0.25) is 5.02 Å². The third kappa shape index (κ3) is 4.77. The van der Waals surface area contributed by atoms with Crippen molar-refractivity contribution < 1.29 is 4.74 Å². The highest BCUT2D eigenvalue weighted by Gasteiger charge is 2.12. The summed E-state index contributed by atoms with van der Waals surface area (Å²) in [5.41, 5.74) is 3.08. The molecule has 0 radical (unpaired) electrons. The molecule has 0 fully saturated rings. The maximum absolute atomic E-state index is 6.30. The topological polar surface area (TPSA) is 21.3 Å². The smallest absolute Gasteiger partial charge is 0.139 e. The van der Waals surface area contributed by atoms with E-state index in [0.717, 1.165) is 31.5 Å². The Balaban J connectivity index is 1.59. The Bertz CT molecular complexity index is 1160. The van der Waals surface area contributed by atoms with Crippen LogP contribution in [-0.2, 0) is 13.2 Å². The summed E-state index contributed by atoms with van der Waals surface area (Å²) in [5, 5.41) is 6.51. The molecular formula is C24H18Br2ClNO. The molecule has 2 nitrogen and oxygen atoms in total. The van der Waals surface area contributed by atoms with Gasteiger partial charge in [-0.3, -0.25) is 0 Å². The lowest BCUT2D eigenvalue weighted by Gasteiger charge is -2.16. The van der Waals surface area contributed by atoms with Crippen molar-refractivity contribution >= 4 is 59.9 Å². The van der Waals surface area contributed by atoms with Gasteiger partial charge in [-0.2, -0.15) is 0 Å². The quantitative estimate of drug-likeness (QED) is 0.271. The van der Waals surface area contributed by atoms with Crippen LogP contribution in [0.5, 0.6) is 5.75 Å². The van der Waals surface area contributed by atoms with Gasteiger partial charge in [-0.15, -0.1) is 0 Å². The number of halogens is 3. The third-order valence-corrected chi connectivity index (χ3v) is 6.06. The molecule has 0 atom stereocenters. The Kier molecular flexibility index (Phi) is 6.43. The maximum atomic E-state index is 6.30. The largest absolute Gasteiger partial charge is 0.487 e. The standard InChI is InChI=1S/C24H18Br2ClNO/c25-19-12-18(14-28-23-11-4-3-10-22(23)27)24(21(26)13-19)29-15-17-8-5-7-16-6-1-2-9-20(16)17/h1-13,28H,14-15H2. The zero-order valence-electron chi connectivity index (χ0n) is 15.5. The predicted molar refractivity (Wildman–Crippen MR) is 129 cm³/mol. The molecule has 4 aromatic rings. The zero-order chi connectivity index (χ0) is 20.2. The van der Waals surface area contributed by atoms with E-state index < -0.39 is 0 Å². The van der Waals surface area contributed by atoms with Crippen molar-refractivity contribution in [3.63, 3.8) is 0 Å². The lowest BCUT2D eigenvalue weighted by Crippen LogP contribution is -2.05. The van der Waals surface area contributed by atoms with Gasteiger partial charge in [-0.05, 0) is 56.5 Å². The minimum atomic E-state index is 0.487. The van der Waals surface area contributed by atoms with Crippen LogP contribution in [0, 0.1) is 0 Å². The van der Waals surface area contributed by atoms with E-state index in [1.807, 2.05) is 30.3 Å². The molecule has 5 heteroatoms. The summed E-state index contributed by atoms with van der Waals surface area (Å²) in [4.78, 5) is 0. The predicted octanol–water partition coefficient (Wildman–Crippen LogP) is 8.21. The molecule has 0 aliphatic rings. The van der Waals surface area contributed by atoms with Gasteiger partial charge in [0.1, 0.15) is 12.4 Å². The van der Waals surface area contributed by atoms with Gasteiger partial charge in [0.25, 0.3) is 0 Å². The highest BCUT2D eigenvalue weighted by atomic mass is 79.9. The van der Waals surface area contributed by atoms with Gasteiger partial charge < -0.3 is 10.1 Å². The van der Waals surface area contributed by atoms with Gasteiger partial charge in [0.2, 0.25) is 0 Å². The van der Waals surface area contributed by atoms with Crippen LogP contribution in [0.3, 0.4) is 0 Å². The van der Waals surface area contributed by atoms with Crippen molar-refractivity contribution in [2.24, 2.45) is 0 Å². The van der Waals surface area contributed by atoms with Crippen LogP contribution in [0.1, 0.15) is 11.1 Å². The average Bonchev–Trinajstić information content (AvgIpc) is 2.72. The molecule has 1 N–H and O–H groups in total. The molecule has 146 valence electrons. The molecule has 0 aromatic heterocycles. The molecule has 0 unspecified atom stereocenters. The van der Waals surface area contributed by atoms with Gasteiger partial charge in [-0.25, -0.2) is 0 Å². The average molecular weight is 532 g/mol. The first-order valence-corrected chi connectivity index (χ1v) is 11.1. The minimum Gasteiger partial charge on any atom is -0.487 e. The number of hydrogen-bond donors (Lipinski definition) is 1. The second-order valence-corrected chi connectivity index (χ2v) is 8.81. The number of para-hydroxylation sites is 1. The Morgan fingerprint density at radius 2 is 1.59 bits per heavy atom. The molecule has 4 aromatic carbocycles. The molecule has 4 rings (SSSR count). The van der Waals surface area contributed by atoms with Gasteiger partial charge in [0, 0.05) is 16.6 Å². The summed E-state index contributed by atoms with van der Waals surface area (Å²) in [5.74, 6) is 0.820. The second kappa shape index (κ2) is 9.21. The van der Waals surface area contributed by atoms with E-state index in [1.54, 1.807) is 0 Å². The molecular weight excluding hydrogens is 514 g/mol. The number of fused-ring (bicyclic) bond motifs is 1. The molecule has 0 bridgehead atoms. The number of nitrogens with one attached hydrogen (secondary N) is 1. The van der Waals surface area contributed by atoms with Gasteiger partial charge >= 0.3 is 0 Å². The summed E-state index contributed by atoms with van der Waals surface area (Å²) in [6.07, 6.45) is 0. The number of hydrogen-bond acceptors (Lipinski definition) is 2. The molecule has 0 aliphatic heterocycles. The van der Waals surface area contributed by atoms with E-state index in [9.17, 15) is 0 Å². The van der Waals surface area contributed by atoms with Crippen LogP contribution in [0.4, 0.5) is 5.69 Å². The van der Waals surface area contributed by atoms with E-state index in [-0.39, 0.29) is 0 Å². The SMILES string of the molecule is Clc1ccccc1NCc1cc(Br)cc(Br)c1OCc1cccc2ccccc12. The molecule has 0 saturated carbocycles. The Hall–Kier alpha value is -2.01. The fourth-order valence-corrected chi connectivity index (χ4v) is 4.90. The first-order chi connectivity index (χ1) is 14.1. The fourth-order valence-electron chi connectivity index (χ4n) is 3.27. The Morgan fingerprint density at radius 3 is 2.45 bits per heavy atom. The van der Waals surface area contributed by atoms with E-state index in [1.165, 1.54) is 10.8 Å². The van der Waals surface area contributed by atoms with Gasteiger partial charge in [-0.1, -0.05) is 82.1 Å². The summed E-state index contributed by atoms with van der Waals surface area (Å²) in [6.45, 7) is 1.08. The van der Waals surface area contributed by atoms with E-state index >= 15 is 0 Å². The highest BCUT2D eigenvalue weighted by molar-refractivity contribution is 9.11. The molecule has 0 spiro atoms. The first kappa shape index (κ1) is 20.3. The monoisotopic (exact) mass is 529 g/mol. The van der Waals surface area contributed by atoms with Gasteiger partial charge in [0.05, 0.1) is 15.2 Å². The lowest BCUT2D eigenvalue weighted by atomic mass is 10.1. The maximum Gasteiger partial charge on any atom is 0.139 e. The third-order valence-electron chi connectivity index (χ3n) is 4.68. The second-order valence-electron chi connectivity index (χ2n) is 6.64. The molecule has 0 heterocycles. The normalized spacial score (nSPS) is 10.9.